The third kappa shape index (κ3) is 2.34. The van der Waals surface area contributed by atoms with Crippen molar-refractivity contribution in [2.24, 2.45) is 0 Å². The van der Waals surface area contributed by atoms with E-state index in [1.165, 1.54) is 14.2 Å². The Hall–Kier alpha value is -1.97. The molecule has 0 saturated carbocycles. The first-order chi connectivity index (χ1) is 7.63. The highest BCUT2D eigenvalue weighted by atomic mass is 16.5. The third-order valence-corrected chi connectivity index (χ3v) is 2.12. The van der Waals surface area contributed by atoms with Crippen LogP contribution in [0.2, 0.25) is 0 Å². The summed E-state index contributed by atoms with van der Waals surface area (Å²) in [7, 11) is 2.95. The minimum absolute atomic E-state index is 0.140. The minimum atomic E-state index is -1.02. The van der Waals surface area contributed by atoms with Crippen LogP contribution in [0.25, 0.3) is 6.08 Å². The van der Waals surface area contributed by atoms with Gasteiger partial charge < -0.3 is 14.6 Å². The molecule has 0 radical (unpaired) electrons. The molecule has 16 heavy (non-hydrogen) atoms. The molecule has 0 fully saturated rings. The summed E-state index contributed by atoms with van der Waals surface area (Å²) in [5.41, 5.74) is 0.701. The fourth-order valence-electron chi connectivity index (χ4n) is 1.43. The van der Waals surface area contributed by atoms with Crippen molar-refractivity contribution in [2.45, 2.75) is 6.92 Å². The first kappa shape index (κ1) is 12.1. The summed E-state index contributed by atoms with van der Waals surface area (Å²) < 4.78 is 10.1. The average Bonchev–Trinajstić information content (AvgIpc) is 2.27. The topological polar surface area (TPSA) is 55.8 Å². The van der Waals surface area contributed by atoms with Gasteiger partial charge >= 0.3 is 5.97 Å². The Morgan fingerprint density at radius 3 is 2.44 bits per heavy atom. The summed E-state index contributed by atoms with van der Waals surface area (Å²) in [5, 5.41) is 9.11. The fourth-order valence-corrected chi connectivity index (χ4v) is 1.43. The zero-order chi connectivity index (χ0) is 12.1. The van der Waals surface area contributed by atoms with Gasteiger partial charge in [0.15, 0.2) is 0 Å². The van der Waals surface area contributed by atoms with Crippen LogP contribution in [0, 0.1) is 0 Å². The zero-order valence-corrected chi connectivity index (χ0v) is 9.48. The van der Waals surface area contributed by atoms with Crippen LogP contribution in [0.5, 0.6) is 11.5 Å². The Balaban J connectivity index is 3.46. The van der Waals surface area contributed by atoms with E-state index in [1.54, 1.807) is 24.3 Å². The lowest BCUT2D eigenvalue weighted by molar-refractivity contribution is 0.0693. The van der Waals surface area contributed by atoms with Crippen molar-refractivity contribution in [3.63, 3.8) is 0 Å². The van der Waals surface area contributed by atoms with Crippen LogP contribution in [0.1, 0.15) is 22.8 Å². The molecule has 0 unspecified atom stereocenters. The molecule has 1 aromatic rings. The van der Waals surface area contributed by atoms with Gasteiger partial charge in [-0.25, -0.2) is 4.79 Å². The van der Waals surface area contributed by atoms with Crippen LogP contribution in [0.3, 0.4) is 0 Å². The molecule has 0 saturated heterocycles. The summed E-state index contributed by atoms with van der Waals surface area (Å²) in [5.74, 6) is -0.164. The smallest absolute Gasteiger partial charge is 0.340 e. The predicted molar refractivity (Wildman–Crippen MR) is 61.2 cm³/mol. The lowest BCUT2D eigenvalue weighted by atomic mass is 10.1. The van der Waals surface area contributed by atoms with Crippen molar-refractivity contribution in [1.29, 1.82) is 0 Å². The van der Waals surface area contributed by atoms with E-state index in [9.17, 15) is 4.79 Å². The van der Waals surface area contributed by atoms with Crippen LogP contribution >= 0.6 is 0 Å². The second-order valence-electron chi connectivity index (χ2n) is 3.10. The number of aromatic carboxylic acids is 1. The molecule has 0 aliphatic carbocycles. The zero-order valence-electron chi connectivity index (χ0n) is 9.48. The van der Waals surface area contributed by atoms with Crippen LogP contribution in [-0.2, 0) is 0 Å². The maximum Gasteiger partial charge on any atom is 0.340 e. The van der Waals surface area contributed by atoms with E-state index < -0.39 is 5.97 Å². The number of rotatable bonds is 4. The number of benzene rings is 1. The minimum Gasteiger partial charge on any atom is -0.497 e. The Morgan fingerprint density at radius 2 is 2.00 bits per heavy atom. The molecule has 0 spiro atoms. The lowest BCUT2D eigenvalue weighted by Gasteiger charge is -2.10. The molecule has 4 heteroatoms. The Bertz CT molecular complexity index is 421. The highest BCUT2D eigenvalue weighted by molar-refractivity contribution is 5.95. The molecule has 0 aliphatic rings. The number of carboxylic acid groups (broad SMARTS) is 1. The van der Waals surface area contributed by atoms with Gasteiger partial charge in [-0.3, -0.25) is 0 Å². The highest BCUT2D eigenvalue weighted by Crippen LogP contribution is 2.29. The van der Waals surface area contributed by atoms with Crippen LogP contribution in [0.15, 0.2) is 18.2 Å². The average molecular weight is 222 g/mol. The van der Waals surface area contributed by atoms with Crippen molar-refractivity contribution in [3.05, 3.63) is 29.3 Å². The molecule has 0 aliphatic heterocycles. The maximum absolute atomic E-state index is 11.1. The number of carboxylic acids is 1. The first-order valence-corrected chi connectivity index (χ1v) is 4.76. The fraction of sp³-hybridized carbons (Fsp3) is 0.250. The third-order valence-electron chi connectivity index (χ3n) is 2.12. The molecule has 1 rings (SSSR count). The van der Waals surface area contributed by atoms with Gasteiger partial charge in [0, 0.05) is 6.07 Å². The number of hydrogen-bond donors (Lipinski definition) is 1. The van der Waals surface area contributed by atoms with Gasteiger partial charge in [0.05, 0.1) is 14.2 Å². The van der Waals surface area contributed by atoms with Gasteiger partial charge in [-0.1, -0.05) is 12.2 Å². The Morgan fingerprint density at radius 1 is 1.31 bits per heavy atom. The van der Waals surface area contributed by atoms with E-state index in [0.717, 1.165) is 0 Å². The lowest BCUT2D eigenvalue weighted by Crippen LogP contribution is -2.04. The molecule has 0 atom stereocenters. The summed E-state index contributed by atoms with van der Waals surface area (Å²) in [6, 6.07) is 3.21. The van der Waals surface area contributed by atoms with Gasteiger partial charge in [0.25, 0.3) is 0 Å². The first-order valence-electron chi connectivity index (χ1n) is 4.76. The molecule has 1 aromatic carbocycles. The molecule has 4 nitrogen and oxygen atoms in total. The van der Waals surface area contributed by atoms with Crippen LogP contribution < -0.4 is 9.47 Å². The van der Waals surface area contributed by atoms with Gasteiger partial charge in [0.2, 0.25) is 0 Å². The molecule has 0 amide bonds. The number of carbonyl (C=O) groups is 1. The SMILES string of the molecule is C/C=C/c1cc(OC)cc(OC)c1C(=O)O. The maximum atomic E-state index is 11.1. The van der Waals surface area contributed by atoms with E-state index >= 15 is 0 Å². The largest absolute Gasteiger partial charge is 0.497 e. The summed E-state index contributed by atoms with van der Waals surface area (Å²) in [6.45, 7) is 1.82. The van der Waals surface area contributed by atoms with E-state index in [-0.39, 0.29) is 5.56 Å². The Kier molecular flexibility index (Phi) is 3.94. The molecule has 0 heterocycles. The summed E-state index contributed by atoms with van der Waals surface area (Å²) in [4.78, 5) is 11.1. The van der Waals surface area contributed by atoms with Crippen molar-refractivity contribution in [2.75, 3.05) is 14.2 Å². The standard InChI is InChI=1S/C12H14O4/c1-4-5-8-6-9(15-2)7-10(16-3)11(8)12(13)14/h4-7H,1-3H3,(H,13,14)/b5-4+. The van der Waals surface area contributed by atoms with Gasteiger partial charge in [-0.15, -0.1) is 0 Å². The normalized spacial score (nSPS) is 10.4. The van der Waals surface area contributed by atoms with Crippen LogP contribution in [0.4, 0.5) is 0 Å². The van der Waals surface area contributed by atoms with Crippen molar-refractivity contribution < 1.29 is 19.4 Å². The second-order valence-corrected chi connectivity index (χ2v) is 3.10. The number of ether oxygens (including phenoxy) is 2. The van der Waals surface area contributed by atoms with Crippen molar-refractivity contribution >= 4 is 12.0 Å². The predicted octanol–water partition coefficient (Wildman–Crippen LogP) is 2.44. The second kappa shape index (κ2) is 5.21. The quantitative estimate of drug-likeness (QED) is 0.850. The van der Waals surface area contributed by atoms with E-state index in [4.69, 9.17) is 14.6 Å². The molecule has 1 N–H and O–H groups in total. The van der Waals surface area contributed by atoms with Gasteiger partial charge in [-0.2, -0.15) is 0 Å². The van der Waals surface area contributed by atoms with Crippen molar-refractivity contribution in [1.82, 2.24) is 0 Å². The molecule has 86 valence electrons. The van der Waals surface area contributed by atoms with E-state index in [0.29, 0.717) is 17.1 Å². The van der Waals surface area contributed by atoms with Crippen LogP contribution in [-0.4, -0.2) is 25.3 Å². The van der Waals surface area contributed by atoms with Gasteiger partial charge in [0.1, 0.15) is 17.1 Å². The number of methoxy groups -OCH3 is 2. The number of hydrogen-bond acceptors (Lipinski definition) is 3. The molecule has 0 bridgehead atoms. The molecular formula is C12H14O4. The van der Waals surface area contributed by atoms with E-state index in [1.807, 2.05) is 6.92 Å². The van der Waals surface area contributed by atoms with E-state index in [2.05, 4.69) is 0 Å². The molecule has 0 aromatic heterocycles. The monoisotopic (exact) mass is 222 g/mol. The molecular weight excluding hydrogens is 208 g/mol. The Labute approximate surface area is 94.1 Å². The summed E-state index contributed by atoms with van der Waals surface area (Å²) >= 11 is 0. The number of allylic oxidation sites excluding steroid dienone is 1. The summed E-state index contributed by atoms with van der Waals surface area (Å²) in [6.07, 6.45) is 3.47. The van der Waals surface area contributed by atoms with Crippen molar-refractivity contribution in [3.8, 4) is 11.5 Å². The highest BCUT2D eigenvalue weighted by Gasteiger charge is 2.16. The van der Waals surface area contributed by atoms with Gasteiger partial charge in [-0.05, 0) is 18.6 Å².